The fraction of sp³-hybridized carbons (Fsp3) is 0.455. The summed E-state index contributed by atoms with van der Waals surface area (Å²) >= 11 is 3.28. The van der Waals surface area contributed by atoms with Crippen LogP contribution in [0, 0.1) is 0 Å². The van der Waals surface area contributed by atoms with Crippen LogP contribution in [0.25, 0.3) is 20.8 Å². The highest BCUT2D eigenvalue weighted by Gasteiger charge is 2.35. The van der Waals surface area contributed by atoms with Gasteiger partial charge in [0, 0.05) is 17.0 Å². The molecule has 5 rings (SSSR count). The molecule has 0 saturated carbocycles. The smallest absolute Gasteiger partial charge is 0.243 e. The maximum Gasteiger partial charge on any atom is 0.243 e. The lowest BCUT2D eigenvalue weighted by Gasteiger charge is -2.32. The number of rotatable bonds is 4. The van der Waals surface area contributed by atoms with Crippen molar-refractivity contribution in [3.8, 4) is 10.6 Å². The Morgan fingerprint density at radius 3 is 2.74 bits per heavy atom. The molecule has 2 aromatic heterocycles. The quantitative estimate of drug-likeness (QED) is 0.595. The van der Waals surface area contributed by atoms with Gasteiger partial charge in [0.05, 0.1) is 16.5 Å². The molecule has 3 heterocycles. The second-order valence-corrected chi connectivity index (χ2v) is 12.3. The standard InChI is InChI=1S/C22H25N3O3S3/c1-31(27,28)25-13-7-6-10-16(25)20(26)24-22-19(14-8-2-4-11-17(14)29-22)21-23-15-9-3-5-12-18(15)30-21/h3,5,9,12,16H,2,4,6-8,10-11,13H2,1H3,(H,24,26). The van der Waals surface area contributed by atoms with Crippen molar-refractivity contribution < 1.29 is 13.2 Å². The summed E-state index contributed by atoms with van der Waals surface area (Å²) in [6.07, 6.45) is 7.70. The van der Waals surface area contributed by atoms with E-state index in [0.29, 0.717) is 13.0 Å². The van der Waals surface area contributed by atoms with Gasteiger partial charge in [0.15, 0.2) is 0 Å². The van der Waals surface area contributed by atoms with Gasteiger partial charge >= 0.3 is 0 Å². The highest BCUT2D eigenvalue weighted by molar-refractivity contribution is 7.88. The van der Waals surface area contributed by atoms with Crippen LogP contribution in [0.4, 0.5) is 5.00 Å². The molecule has 3 aromatic rings. The monoisotopic (exact) mass is 475 g/mol. The van der Waals surface area contributed by atoms with Gasteiger partial charge in [-0.1, -0.05) is 18.6 Å². The number of nitrogens with zero attached hydrogens (tertiary/aromatic N) is 2. The van der Waals surface area contributed by atoms with Crippen LogP contribution in [-0.2, 0) is 27.7 Å². The molecule has 1 amide bonds. The van der Waals surface area contributed by atoms with Crippen LogP contribution in [0.15, 0.2) is 24.3 Å². The maximum atomic E-state index is 13.3. The number of piperidine rings is 1. The third-order valence-corrected chi connectivity index (χ3v) is 9.65. The Kier molecular flexibility index (Phi) is 5.62. The Balaban J connectivity index is 1.53. The molecule has 1 fully saturated rings. The Labute approximate surface area is 190 Å². The number of hydrogen-bond acceptors (Lipinski definition) is 6. The number of aromatic nitrogens is 1. The number of amides is 1. The molecule has 1 saturated heterocycles. The van der Waals surface area contributed by atoms with E-state index >= 15 is 0 Å². The molecule has 1 aromatic carbocycles. The maximum absolute atomic E-state index is 13.3. The largest absolute Gasteiger partial charge is 0.316 e. The predicted octanol–water partition coefficient (Wildman–Crippen LogP) is 4.66. The van der Waals surface area contributed by atoms with E-state index in [1.807, 2.05) is 18.2 Å². The summed E-state index contributed by atoms with van der Waals surface area (Å²) in [4.78, 5) is 19.5. The fourth-order valence-electron chi connectivity index (χ4n) is 4.62. The first-order chi connectivity index (χ1) is 14.9. The van der Waals surface area contributed by atoms with Gasteiger partial charge in [0.25, 0.3) is 0 Å². The summed E-state index contributed by atoms with van der Waals surface area (Å²) < 4.78 is 27.0. The molecule has 1 aliphatic carbocycles. The van der Waals surface area contributed by atoms with E-state index in [0.717, 1.165) is 64.3 Å². The van der Waals surface area contributed by atoms with Crippen LogP contribution in [0.5, 0.6) is 0 Å². The summed E-state index contributed by atoms with van der Waals surface area (Å²) in [7, 11) is -3.43. The van der Waals surface area contributed by atoms with Crippen molar-refractivity contribution in [1.82, 2.24) is 9.29 Å². The van der Waals surface area contributed by atoms with E-state index in [4.69, 9.17) is 4.98 Å². The summed E-state index contributed by atoms with van der Waals surface area (Å²) in [6.45, 7) is 0.405. The van der Waals surface area contributed by atoms with Crippen LogP contribution in [0.2, 0.25) is 0 Å². The van der Waals surface area contributed by atoms with Gasteiger partial charge in [-0.2, -0.15) is 4.31 Å². The van der Waals surface area contributed by atoms with Crippen molar-refractivity contribution in [3.63, 3.8) is 0 Å². The van der Waals surface area contributed by atoms with Gasteiger partial charge in [-0.3, -0.25) is 4.79 Å². The molecule has 0 radical (unpaired) electrons. The highest BCUT2D eigenvalue weighted by atomic mass is 32.2. The van der Waals surface area contributed by atoms with Gasteiger partial charge in [0.2, 0.25) is 15.9 Å². The number of hydrogen-bond donors (Lipinski definition) is 1. The number of carbonyl (C=O) groups is 1. The lowest BCUT2D eigenvalue weighted by molar-refractivity contribution is -0.120. The molecule has 0 bridgehead atoms. The van der Waals surface area contributed by atoms with E-state index in [-0.39, 0.29) is 5.91 Å². The van der Waals surface area contributed by atoms with Crippen molar-refractivity contribution in [1.29, 1.82) is 0 Å². The number of sulfonamides is 1. The topological polar surface area (TPSA) is 79.4 Å². The third-order valence-electron chi connectivity index (χ3n) is 6.10. The third kappa shape index (κ3) is 4.04. The predicted molar refractivity (Wildman–Crippen MR) is 127 cm³/mol. The Hall–Kier alpha value is -1.81. The second-order valence-electron chi connectivity index (χ2n) is 8.28. The Morgan fingerprint density at radius 2 is 1.94 bits per heavy atom. The minimum absolute atomic E-state index is 0.230. The molecule has 6 nitrogen and oxygen atoms in total. The van der Waals surface area contributed by atoms with Crippen molar-refractivity contribution in [3.05, 3.63) is 34.7 Å². The zero-order chi connectivity index (χ0) is 21.6. The summed E-state index contributed by atoms with van der Waals surface area (Å²) in [6, 6.07) is 7.43. The average Bonchev–Trinajstić information content (AvgIpc) is 3.33. The molecule has 164 valence electrons. The number of fused-ring (bicyclic) bond motifs is 2. The van der Waals surface area contributed by atoms with Crippen LogP contribution in [-0.4, -0.2) is 42.5 Å². The molecular formula is C22H25N3O3S3. The number of benzene rings is 1. The fourth-order valence-corrected chi connectivity index (χ4v) is 8.15. The Bertz CT molecular complexity index is 1210. The minimum Gasteiger partial charge on any atom is -0.316 e. The zero-order valence-corrected chi connectivity index (χ0v) is 19.8. The lowest BCUT2D eigenvalue weighted by Crippen LogP contribution is -2.49. The first-order valence-electron chi connectivity index (χ1n) is 10.7. The van der Waals surface area contributed by atoms with Gasteiger partial charge in [-0.15, -0.1) is 22.7 Å². The average molecular weight is 476 g/mol. The molecule has 2 aliphatic rings. The van der Waals surface area contributed by atoms with Gasteiger partial charge in [-0.05, 0) is 56.2 Å². The molecule has 9 heteroatoms. The number of aryl methyl sites for hydroxylation is 1. The van der Waals surface area contributed by atoms with E-state index in [1.54, 1.807) is 22.7 Å². The van der Waals surface area contributed by atoms with Crippen LogP contribution >= 0.6 is 22.7 Å². The van der Waals surface area contributed by atoms with E-state index in [2.05, 4.69) is 11.4 Å². The number of anilines is 1. The normalized spacial score (nSPS) is 20.0. The first kappa shape index (κ1) is 21.1. The number of thiophene rings is 1. The number of thiazole rings is 1. The van der Waals surface area contributed by atoms with E-state index in [9.17, 15) is 13.2 Å². The molecule has 1 N–H and O–H groups in total. The summed E-state index contributed by atoms with van der Waals surface area (Å²) in [5, 5.41) is 4.87. The number of nitrogens with one attached hydrogen (secondary N) is 1. The van der Waals surface area contributed by atoms with Crippen LogP contribution < -0.4 is 5.32 Å². The van der Waals surface area contributed by atoms with Gasteiger partial charge < -0.3 is 5.32 Å². The van der Waals surface area contributed by atoms with Gasteiger partial charge in [-0.25, -0.2) is 13.4 Å². The van der Waals surface area contributed by atoms with Gasteiger partial charge in [0.1, 0.15) is 16.1 Å². The van der Waals surface area contributed by atoms with E-state index in [1.165, 1.54) is 21.0 Å². The molecular weight excluding hydrogens is 450 g/mol. The van der Waals surface area contributed by atoms with Crippen LogP contribution in [0.3, 0.4) is 0 Å². The molecule has 1 atom stereocenters. The summed E-state index contributed by atoms with van der Waals surface area (Å²) in [5.74, 6) is -0.230. The highest BCUT2D eigenvalue weighted by Crippen LogP contribution is 2.46. The van der Waals surface area contributed by atoms with Crippen molar-refractivity contribution in [2.24, 2.45) is 0 Å². The number of carbonyl (C=O) groups excluding carboxylic acids is 1. The molecule has 1 aliphatic heterocycles. The SMILES string of the molecule is CS(=O)(=O)N1CCCCC1C(=O)Nc1sc2c(c1-c1nc3ccccc3s1)CCCC2. The van der Waals surface area contributed by atoms with Crippen LogP contribution in [0.1, 0.15) is 42.5 Å². The van der Waals surface area contributed by atoms with Crippen molar-refractivity contribution in [2.75, 3.05) is 18.1 Å². The first-order valence-corrected chi connectivity index (χ1v) is 14.2. The van der Waals surface area contributed by atoms with Crippen molar-refractivity contribution >= 4 is 53.8 Å². The van der Waals surface area contributed by atoms with E-state index < -0.39 is 16.1 Å². The molecule has 0 spiro atoms. The Morgan fingerprint density at radius 1 is 1.13 bits per heavy atom. The number of para-hydroxylation sites is 1. The zero-order valence-electron chi connectivity index (χ0n) is 17.4. The summed E-state index contributed by atoms with van der Waals surface area (Å²) in [5.41, 5.74) is 3.30. The van der Waals surface area contributed by atoms with Crippen molar-refractivity contribution in [2.45, 2.75) is 51.0 Å². The molecule has 1 unspecified atom stereocenters. The minimum atomic E-state index is -3.43. The second kappa shape index (κ2) is 8.27. The molecule has 31 heavy (non-hydrogen) atoms. The lowest BCUT2D eigenvalue weighted by atomic mass is 9.95.